The number of piperidine rings is 1. The highest BCUT2D eigenvalue weighted by molar-refractivity contribution is 7.17. The molecule has 1 aromatic rings. The molecular formula is C15H26N4O2S. The first-order valence-electron chi connectivity index (χ1n) is 7.80. The van der Waals surface area contributed by atoms with Crippen LogP contribution in [-0.4, -0.2) is 67.3 Å². The molecule has 1 aliphatic rings. The number of hydrogen-bond donors (Lipinski definition) is 2. The van der Waals surface area contributed by atoms with Crippen molar-refractivity contribution in [2.75, 3.05) is 45.2 Å². The Labute approximate surface area is 136 Å². The Balaban J connectivity index is 1.71. The highest BCUT2D eigenvalue weighted by Gasteiger charge is 2.17. The molecule has 0 aliphatic carbocycles. The maximum absolute atomic E-state index is 12.2. The number of carbonyl (C=O) groups excluding carboxylic acids is 1. The van der Waals surface area contributed by atoms with Crippen LogP contribution in [0.5, 0.6) is 0 Å². The van der Waals surface area contributed by atoms with Gasteiger partial charge >= 0.3 is 0 Å². The first-order chi connectivity index (χ1) is 10.5. The van der Waals surface area contributed by atoms with E-state index in [0.717, 1.165) is 49.7 Å². The van der Waals surface area contributed by atoms with Crippen molar-refractivity contribution in [3.05, 3.63) is 10.6 Å². The average molecular weight is 326 g/mol. The fourth-order valence-electron chi connectivity index (χ4n) is 2.51. The molecule has 0 saturated carbocycles. The standard InChI is InChI=1S/C15H26N4O2S/c1-11-13(22-15(17-11)18(2)3)14(21)16-7-4-8-19-9-5-12(20)6-10-19/h12,20H,4-10H2,1-3H3,(H,16,21). The number of aliphatic hydroxyl groups excluding tert-OH is 1. The molecule has 1 aliphatic heterocycles. The molecule has 6 nitrogen and oxygen atoms in total. The van der Waals surface area contributed by atoms with Crippen LogP contribution in [0.25, 0.3) is 0 Å². The van der Waals surface area contributed by atoms with Crippen LogP contribution in [0, 0.1) is 6.92 Å². The summed E-state index contributed by atoms with van der Waals surface area (Å²) in [4.78, 5) is 21.5. The second kappa shape index (κ2) is 7.89. The second-order valence-corrected chi connectivity index (χ2v) is 6.97. The van der Waals surface area contributed by atoms with Gasteiger partial charge in [-0.1, -0.05) is 11.3 Å². The zero-order chi connectivity index (χ0) is 16.1. The van der Waals surface area contributed by atoms with E-state index in [1.807, 2.05) is 25.9 Å². The van der Waals surface area contributed by atoms with Crippen molar-refractivity contribution >= 4 is 22.4 Å². The third-order valence-corrected chi connectivity index (χ3v) is 5.19. The van der Waals surface area contributed by atoms with Crippen molar-refractivity contribution in [3.8, 4) is 0 Å². The lowest BCUT2D eigenvalue weighted by Gasteiger charge is -2.29. The molecule has 1 fully saturated rings. The third kappa shape index (κ3) is 4.66. The molecule has 2 N–H and O–H groups in total. The number of aliphatic hydroxyl groups is 1. The number of thiazole rings is 1. The van der Waals surface area contributed by atoms with Crippen molar-refractivity contribution in [3.63, 3.8) is 0 Å². The number of rotatable bonds is 6. The third-order valence-electron chi connectivity index (χ3n) is 3.87. The lowest BCUT2D eigenvalue weighted by Crippen LogP contribution is -2.37. The zero-order valence-corrected chi connectivity index (χ0v) is 14.4. The van der Waals surface area contributed by atoms with Gasteiger partial charge in [-0.15, -0.1) is 0 Å². The van der Waals surface area contributed by atoms with Gasteiger partial charge in [-0.2, -0.15) is 0 Å². The van der Waals surface area contributed by atoms with E-state index in [1.54, 1.807) is 0 Å². The van der Waals surface area contributed by atoms with E-state index in [2.05, 4.69) is 15.2 Å². The maximum atomic E-state index is 12.2. The van der Waals surface area contributed by atoms with E-state index in [9.17, 15) is 9.90 Å². The van der Waals surface area contributed by atoms with Gasteiger partial charge in [0.05, 0.1) is 11.8 Å². The molecule has 0 bridgehead atoms. The molecular weight excluding hydrogens is 300 g/mol. The molecule has 124 valence electrons. The van der Waals surface area contributed by atoms with Crippen LogP contribution in [-0.2, 0) is 0 Å². The van der Waals surface area contributed by atoms with Gasteiger partial charge < -0.3 is 20.2 Å². The van der Waals surface area contributed by atoms with Crippen LogP contribution in [0.2, 0.25) is 0 Å². The van der Waals surface area contributed by atoms with Crippen molar-refractivity contribution in [2.24, 2.45) is 0 Å². The lowest BCUT2D eigenvalue weighted by molar-refractivity contribution is 0.0816. The normalized spacial score (nSPS) is 16.7. The fraction of sp³-hybridized carbons (Fsp3) is 0.733. The van der Waals surface area contributed by atoms with E-state index in [1.165, 1.54) is 11.3 Å². The van der Waals surface area contributed by atoms with Crippen LogP contribution in [0.4, 0.5) is 5.13 Å². The topological polar surface area (TPSA) is 68.7 Å². The number of carbonyl (C=O) groups is 1. The molecule has 1 saturated heterocycles. The Bertz CT molecular complexity index is 496. The average Bonchev–Trinajstić information content (AvgIpc) is 2.87. The van der Waals surface area contributed by atoms with Gasteiger partial charge in [-0.25, -0.2) is 4.98 Å². The summed E-state index contributed by atoms with van der Waals surface area (Å²) >= 11 is 1.43. The van der Waals surface area contributed by atoms with Gasteiger partial charge in [0.25, 0.3) is 5.91 Å². The van der Waals surface area contributed by atoms with Gasteiger partial charge in [0.2, 0.25) is 0 Å². The number of aromatic nitrogens is 1. The molecule has 2 heterocycles. The smallest absolute Gasteiger partial charge is 0.263 e. The summed E-state index contributed by atoms with van der Waals surface area (Å²) in [5, 5.41) is 13.3. The summed E-state index contributed by atoms with van der Waals surface area (Å²) in [6.07, 6.45) is 2.52. The van der Waals surface area contributed by atoms with Crippen LogP contribution < -0.4 is 10.2 Å². The second-order valence-electron chi connectivity index (χ2n) is 5.99. The van der Waals surface area contributed by atoms with Gasteiger partial charge in [-0.05, 0) is 32.7 Å². The SMILES string of the molecule is Cc1nc(N(C)C)sc1C(=O)NCCCN1CCC(O)CC1. The summed E-state index contributed by atoms with van der Waals surface area (Å²) in [6, 6.07) is 0. The van der Waals surface area contributed by atoms with Gasteiger partial charge in [0, 0.05) is 33.7 Å². The minimum Gasteiger partial charge on any atom is -0.393 e. The number of likely N-dealkylation sites (tertiary alicyclic amines) is 1. The van der Waals surface area contributed by atoms with Crippen molar-refractivity contribution in [2.45, 2.75) is 32.3 Å². The quantitative estimate of drug-likeness (QED) is 0.766. The van der Waals surface area contributed by atoms with Gasteiger partial charge in [0.1, 0.15) is 4.88 Å². The first kappa shape index (κ1) is 17.2. The van der Waals surface area contributed by atoms with E-state index in [4.69, 9.17) is 0 Å². The number of amides is 1. The van der Waals surface area contributed by atoms with Crippen LogP contribution in [0.1, 0.15) is 34.6 Å². The Morgan fingerprint density at radius 1 is 1.45 bits per heavy atom. The summed E-state index contributed by atoms with van der Waals surface area (Å²) in [7, 11) is 3.85. The predicted molar refractivity (Wildman–Crippen MR) is 89.8 cm³/mol. The highest BCUT2D eigenvalue weighted by atomic mass is 32.1. The van der Waals surface area contributed by atoms with Crippen molar-refractivity contribution in [1.29, 1.82) is 0 Å². The summed E-state index contributed by atoms with van der Waals surface area (Å²) in [5.41, 5.74) is 0.788. The van der Waals surface area contributed by atoms with Crippen molar-refractivity contribution < 1.29 is 9.90 Å². The zero-order valence-electron chi connectivity index (χ0n) is 13.6. The number of anilines is 1. The molecule has 0 radical (unpaired) electrons. The molecule has 0 atom stereocenters. The Kier molecular flexibility index (Phi) is 6.16. The predicted octanol–water partition coefficient (Wildman–Crippen LogP) is 1.09. The molecule has 7 heteroatoms. The molecule has 1 amide bonds. The highest BCUT2D eigenvalue weighted by Crippen LogP contribution is 2.24. The summed E-state index contributed by atoms with van der Waals surface area (Å²) < 4.78 is 0. The Morgan fingerprint density at radius 3 is 2.73 bits per heavy atom. The Morgan fingerprint density at radius 2 is 2.14 bits per heavy atom. The lowest BCUT2D eigenvalue weighted by atomic mass is 10.1. The number of hydrogen-bond acceptors (Lipinski definition) is 6. The minimum absolute atomic E-state index is 0.0304. The summed E-state index contributed by atoms with van der Waals surface area (Å²) in [6.45, 7) is 5.42. The van der Waals surface area contributed by atoms with E-state index in [0.29, 0.717) is 11.4 Å². The number of nitrogens with one attached hydrogen (secondary N) is 1. The molecule has 22 heavy (non-hydrogen) atoms. The first-order valence-corrected chi connectivity index (χ1v) is 8.62. The molecule has 1 aromatic heterocycles. The Hall–Kier alpha value is -1.18. The van der Waals surface area contributed by atoms with E-state index in [-0.39, 0.29) is 12.0 Å². The number of nitrogens with zero attached hydrogens (tertiary/aromatic N) is 3. The summed E-state index contributed by atoms with van der Waals surface area (Å²) in [5.74, 6) is -0.0304. The molecule has 0 aromatic carbocycles. The minimum atomic E-state index is -0.129. The fourth-order valence-corrected chi connectivity index (χ4v) is 3.42. The molecule has 2 rings (SSSR count). The monoisotopic (exact) mass is 326 g/mol. The maximum Gasteiger partial charge on any atom is 0.263 e. The van der Waals surface area contributed by atoms with Crippen LogP contribution >= 0.6 is 11.3 Å². The number of aryl methyl sites for hydroxylation is 1. The van der Waals surface area contributed by atoms with Gasteiger partial charge in [-0.3, -0.25) is 4.79 Å². The molecule has 0 spiro atoms. The van der Waals surface area contributed by atoms with E-state index < -0.39 is 0 Å². The van der Waals surface area contributed by atoms with Crippen molar-refractivity contribution in [1.82, 2.24) is 15.2 Å². The van der Waals surface area contributed by atoms with Crippen LogP contribution in [0.15, 0.2) is 0 Å². The van der Waals surface area contributed by atoms with Gasteiger partial charge in [0.15, 0.2) is 5.13 Å². The molecule has 0 unspecified atom stereocenters. The largest absolute Gasteiger partial charge is 0.393 e. The van der Waals surface area contributed by atoms with Crippen LogP contribution in [0.3, 0.4) is 0 Å². The van der Waals surface area contributed by atoms with E-state index >= 15 is 0 Å².